The number of aromatic nitrogens is 1. The minimum Gasteiger partial charge on any atom is -0.298 e. The Balaban J connectivity index is 2.32. The number of aryl methyl sites for hydroxylation is 1. The van der Waals surface area contributed by atoms with E-state index in [0.717, 1.165) is 18.4 Å². The summed E-state index contributed by atoms with van der Waals surface area (Å²) >= 11 is 0. The summed E-state index contributed by atoms with van der Waals surface area (Å²) in [7, 11) is -3.66. The lowest BCUT2D eigenvalue weighted by Gasteiger charge is -2.28. The predicted molar refractivity (Wildman–Crippen MR) is 96.9 cm³/mol. The molecule has 1 aromatic heterocycles. The predicted octanol–water partition coefficient (Wildman–Crippen LogP) is 3.86. The summed E-state index contributed by atoms with van der Waals surface area (Å²) in [6.45, 7) is 3.76. The summed E-state index contributed by atoms with van der Waals surface area (Å²) in [5, 5.41) is 0.693. The van der Waals surface area contributed by atoms with Gasteiger partial charge in [0.15, 0.2) is 6.29 Å². The molecule has 2 aromatic rings. The summed E-state index contributed by atoms with van der Waals surface area (Å²) in [5.74, 6) is 0. The fourth-order valence-corrected chi connectivity index (χ4v) is 5.05. The molecule has 1 heterocycles. The Kier molecular flexibility index (Phi) is 4.22. The topological polar surface area (TPSA) is 56.1 Å². The minimum atomic E-state index is -3.66. The molecule has 126 valence electrons. The number of hydrogen-bond acceptors (Lipinski definition) is 3. The van der Waals surface area contributed by atoms with Crippen molar-refractivity contribution >= 4 is 27.2 Å². The van der Waals surface area contributed by atoms with Crippen LogP contribution in [0.4, 0.5) is 0 Å². The monoisotopic (exact) mass is 343 g/mol. The van der Waals surface area contributed by atoms with Crippen LogP contribution in [0.15, 0.2) is 48.6 Å². The highest BCUT2D eigenvalue weighted by molar-refractivity contribution is 7.91. The van der Waals surface area contributed by atoms with Crippen LogP contribution in [0.25, 0.3) is 10.9 Å². The molecule has 1 aliphatic rings. The van der Waals surface area contributed by atoms with Crippen molar-refractivity contribution in [3.05, 3.63) is 59.8 Å². The molecular weight excluding hydrogens is 322 g/mol. The maximum Gasteiger partial charge on any atom is 0.248 e. The van der Waals surface area contributed by atoms with Crippen molar-refractivity contribution in [2.75, 3.05) is 0 Å². The number of carbonyl (C=O) groups is 1. The third kappa shape index (κ3) is 2.44. The number of allylic oxidation sites excluding steroid dienone is 3. The lowest BCUT2D eigenvalue weighted by Crippen LogP contribution is -2.38. The van der Waals surface area contributed by atoms with E-state index in [9.17, 15) is 13.2 Å². The Morgan fingerprint density at radius 1 is 1.29 bits per heavy atom. The van der Waals surface area contributed by atoms with Crippen LogP contribution < -0.4 is 0 Å². The van der Waals surface area contributed by atoms with E-state index in [2.05, 4.69) is 0 Å². The van der Waals surface area contributed by atoms with Gasteiger partial charge in [-0.25, -0.2) is 12.4 Å². The van der Waals surface area contributed by atoms with Gasteiger partial charge < -0.3 is 0 Å². The molecule has 0 N–H and O–H groups in total. The molecule has 0 saturated heterocycles. The Morgan fingerprint density at radius 2 is 2.08 bits per heavy atom. The van der Waals surface area contributed by atoms with Crippen molar-refractivity contribution in [1.82, 2.24) is 3.97 Å². The zero-order chi connectivity index (χ0) is 17.4. The van der Waals surface area contributed by atoms with Gasteiger partial charge in [-0.3, -0.25) is 4.79 Å². The third-order valence-corrected chi connectivity index (χ3v) is 6.98. The van der Waals surface area contributed by atoms with E-state index in [4.69, 9.17) is 0 Å². The van der Waals surface area contributed by atoms with Gasteiger partial charge in [0, 0.05) is 16.6 Å². The molecule has 3 rings (SSSR count). The lowest BCUT2D eigenvalue weighted by atomic mass is 10.0. The Bertz CT molecular complexity index is 950. The van der Waals surface area contributed by atoms with E-state index >= 15 is 0 Å². The molecule has 1 unspecified atom stereocenters. The van der Waals surface area contributed by atoms with Crippen molar-refractivity contribution < 1.29 is 13.2 Å². The fraction of sp³-hybridized carbons (Fsp3) is 0.316. The standard InChI is InChI=1S/C19H21NO3S/c1-3-8-16-13-17-15(14-21)9-7-10-18(17)20(16)24(22,23)19(2)11-5-4-6-12-19/h4-7,9-11,13-14H,3,8,12H2,1-2H3. The average molecular weight is 343 g/mol. The molecule has 0 radical (unpaired) electrons. The number of rotatable bonds is 5. The maximum atomic E-state index is 13.5. The summed E-state index contributed by atoms with van der Waals surface area (Å²) < 4.78 is 27.4. The van der Waals surface area contributed by atoms with Gasteiger partial charge in [-0.15, -0.1) is 0 Å². The molecule has 0 saturated carbocycles. The van der Waals surface area contributed by atoms with Gasteiger partial charge in [0.1, 0.15) is 4.75 Å². The minimum absolute atomic E-state index is 0.435. The second kappa shape index (κ2) is 6.06. The smallest absolute Gasteiger partial charge is 0.248 e. The Labute approximate surface area is 142 Å². The molecule has 1 aromatic carbocycles. The first kappa shape index (κ1) is 16.7. The third-order valence-electron chi connectivity index (χ3n) is 4.59. The first-order valence-corrected chi connectivity index (χ1v) is 9.56. The van der Waals surface area contributed by atoms with Crippen molar-refractivity contribution in [1.29, 1.82) is 0 Å². The Hall–Kier alpha value is -2.14. The highest BCUT2D eigenvalue weighted by Gasteiger charge is 2.39. The molecule has 0 aliphatic heterocycles. The lowest BCUT2D eigenvalue weighted by molar-refractivity contribution is 0.112. The van der Waals surface area contributed by atoms with Crippen molar-refractivity contribution in [2.24, 2.45) is 0 Å². The SMILES string of the molecule is CCCc1cc2c(C=O)cccc2n1S(=O)(=O)C1(C)C=CC=CC1. The van der Waals surface area contributed by atoms with Gasteiger partial charge in [0.25, 0.3) is 0 Å². The first-order chi connectivity index (χ1) is 11.4. The maximum absolute atomic E-state index is 13.5. The normalized spacial score (nSPS) is 20.6. The van der Waals surface area contributed by atoms with Crippen LogP contribution in [0.2, 0.25) is 0 Å². The second-order valence-corrected chi connectivity index (χ2v) is 8.60. The average Bonchev–Trinajstić information content (AvgIpc) is 2.94. The van der Waals surface area contributed by atoms with Crippen LogP contribution in [0.5, 0.6) is 0 Å². The van der Waals surface area contributed by atoms with Gasteiger partial charge in [0.2, 0.25) is 10.0 Å². The fourth-order valence-electron chi connectivity index (χ4n) is 3.21. The van der Waals surface area contributed by atoms with Crippen LogP contribution in [-0.2, 0) is 16.4 Å². The van der Waals surface area contributed by atoms with E-state index in [-0.39, 0.29) is 0 Å². The highest BCUT2D eigenvalue weighted by Crippen LogP contribution is 2.34. The van der Waals surface area contributed by atoms with E-state index in [1.807, 2.05) is 25.1 Å². The molecular formula is C19H21NO3S. The number of carbonyl (C=O) groups excluding carboxylic acids is 1. The van der Waals surface area contributed by atoms with Crippen LogP contribution in [-0.4, -0.2) is 23.4 Å². The molecule has 0 spiro atoms. The van der Waals surface area contributed by atoms with Gasteiger partial charge in [-0.1, -0.05) is 49.8 Å². The summed E-state index contributed by atoms with van der Waals surface area (Å²) in [4.78, 5) is 11.3. The van der Waals surface area contributed by atoms with Crippen LogP contribution >= 0.6 is 0 Å². The molecule has 1 atom stereocenters. The molecule has 1 aliphatic carbocycles. The first-order valence-electron chi connectivity index (χ1n) is 8.12. The van der Waals surface area contributed by atoms with Crippen molar-refractivity contribution in [2.45, 2.75) is 37.9 Å². The summed E-state index contributed by atoms with van der Waals surface area (Å²) in [6, 6.07) is 7.05. The molecule has 0 fully saturated rings. The number of benzene rings is 1. The summed E-state index contributed by atoms with van der Waals surface area (Å²) in [6.07, 6.45) is 9.94. The highest BCUT2D eigenvalue weighted by atomic mass is 32.2. The number of fused-ring (bicyclic) bond motifs is 1. The Morgan fingerprint density at radius 3 is 2.71 bits per heavy atom. The molecule has 5 heteroatoms. The quantitative estimate of drug-likeness (QED) is 0.775. The van der Waals surface area contributed by atoms with Gasteiger partial charge in [-0.05, 0) is 31.9 Å². The van der Waals surface area contributed by atoms with Crippen molar-refractivity contribution in [3.63, 3.8) is 0 Å². The van der Waals surface area contributed by atoms with E-state index in [0.29, 0.717) is 29.3 Å². The van der Waals surface area contributed by atoms with Crippen LogP contribution in [0.1, 0.15) is 42.7 Å². The number of nitrogens with zero attached hydrogens (tertiary/aromatic N) is 1. The van der Waals surface area contributed by atoms with Gasteiger partial charge >= 0.3 is 0 Å². The molecule has 4 nitrogen and oxygen atoms in total. The number of hydrogen-bond donors (Lipinski definition) is 0. The van der Waals surface area contributed by atoms with E-state index in [1.165, 1.54) is 3.97 Å². The van der Waals surface area contributed by atoms with Crippen LogP contribution in [0, 0.1) is 0 Å². The zero-order valence-corrected chi connectivity index (χ0v) is 14.7. The van der Waals surface area contributed by atoms with E-state index in [1.54, 1.807) is 37.3 Å². The number of aldehydes is 1. The van der Waals surface area contributed by atoms with Crippen LogP contribution in [0.3, 0.4) is 0 Å². The largest absolute Gasteiger partial charge is 0.298 e. The van der Waals surface area contributed by atoms with Crippen molar-refractivity contribution in [3.8, 4) is 0 Å². The summed E-state index contributed by atoms with van der Waals surface area (Å²) in [5.41, 5.74) is 1.82. The van der Waals surface area contributed by atoms with Gasteiger partial charge in [-0.2, -0.15) is 0 Å². The molecule has 0 amide bonds. The zero-order valence-electron chi connectivity index (χ0n) is 13.9. The van der Waals surface area contributed by atoms with Gasteiger partial charge in [0.05, 0.1) is 5.52 Å². The molecule has 24 heavy (non-hydrogen) atoms. The van der Waals surface area contributed by atoms with E-state index < -0.39 is 14.8 Å². The second-order valence-electron chi connectivity index (χ2n) is 6.36. The molecule has 0 bridgehead atoms.